The Bertz CT molecular complexity index is 2230. The Kier molecular flexibility index (Phi) is 43.3. The third-order valence-corrected chi connectivity index (χ3v) is 11.3. The minimum atomic E-state index is -0.422. The lowest BCUT2D eigenvalue weighted by atomic mass is 10.1. The number of hydrogen-bond donors (Lipinski definition) is 0. The number of carbonyl (C=O) groups is 5. The number of hydrogen-bond acceptors (Lipinski definition) is 15. The Morgan fingerprint density at radius 3 is 1.47 bits per heavy atom. The van der Waals surface area contributed by atoms with E-state index in [0.717, 1.165) is 134 Å². The number of benzene rings is 3. The molecule has 0 aliphatic carbocycles. The maximum absolute atomic E-state index is 13.0. The van der Waals surface area contributed by atoms with Crippen LogP contribution in [-0.2, 0) is 47.6 Å². The van der Waals surface area contributed by atoms with Gasteiger partial charge in [-0.1, -0.05) is 45.7 Å². The minimum absolute atomic E-state index is 0.0260. The number of unbranched alkanes of at least 4 members (excludes halogenated alkanes) is 9. The molecule has 14 nitrogen and oxygen atoms in total. The van der Waals surface area contributed by atoms with Gasteiger partial charge in [0, 0.05) is 42.7 Å². The predicted octanol–water partition coefficient (Wildman–Crippen LogP) is 14.7. The molecule has 0 unspecified atom stereocenters. The van der Waals surface area contributed by atoms with Gasteiger partial charge in [-0.2, -0.15) is 0 Å². The number of aliphatic imine (C=N–C) groups is 1. The molecule has 0 N–H and O–H groups in total. The number of rotatable bonds is 35. The molecule has 0 spiro atoms. The summed E-state index contributed by atoms with van der Waals surface area (Å²) in [6, 6.07) is 19.1. The maximum atomic E-state index is 13.0. The lowest BCUT2D eigenvalue weighted by Gasteiger charge is -2.10. The zero-order chi connectivity index (χ0) is 57.3. The second kappa shape index (κ2) is 47.6. The molecule has 0 aliphatic heterocycles. The number of esters is 4. The van der Waals surface area contributed by atoms with Crippen LogP contribution in [0.2, 0.25) is 0 Å². The molecule has 0 aliphatic rings. The first-order valence-electron chi connectivity index (χ1n) is 26.6. The van der Waals surface area contributed by atoms with E-state index in [1.54, 1.807) is 30.5 Å². The first-order chi connectivity index (χ1) is 37.2. The maximum Gasteiger partial charge on any atom is 0.330 e. The van der Waals surface area contributed by atoms with E-state index >= 15 is 0 Å². The lowest BCUT2D eigenvalue weighted by molar-refractivity contribution is -0.142. The summed E-state index contributed by atoms with van der Waals surface area (Å²) < 4.78 is 41.4. The Hall–Kier alpha value is -6.87. The molecule has 0 amide bonds. The highest BCUT2D eigenvalue weighted by Gasteiger charge is 2.13. The average molecular weight is 1090 g/mol. The summed E-state index contributed by atoms with van der Waals surface area (Å²) in [5.74, 6) is 1.21. The van der Waals surface area contributed by atoms with E-state index in [0.29, 0.717) is 45.2 Å². The molecular formula is C62H87NO13S. The molecule has 3 aromatic carbocycles. The molecule has 0 saturated carbocycles. The number of nitrogens with zero attached hydrogens (tertiary/aromatic N) is 1. The van der Waals surface area contributed by atoms with Gasteiger partial charge in [0.25, 0.3) is 0 Å². The van der Waals surface area contributed by atoms with Gasteiger partial charge in [-0.25, -0.2) is 9.59 Å². The molecular weight excluding hydrogens is 999 g/mol. The van der Waals surface area contributed by atoms with Gasteiger partial charge in [0.05, 0.1) is 57.3 Å². The van der Waals surface area contributed by atoms with Crippen molar-refractivity contribution < 1.29 is 61.9 Å². The molecule has 424 valence electrons. The van der Waals surface area contributed by atoms with Crippen LogP contribution in [0.15, 0.2) is 133 Å². The van der Waals surface area contributed by atoms with E-state index in [9.17, 15) is 24.0 Å². The minimum Gasteiger partial charge on any atom is -0.498 e. The van der Waals surface area contributed by atoms with Crippen LogP contribution < -0.4 is 9.47 Å². The molecule has 3 aromatic rings. The fourth-order valence-electron chi connectivity index (χ4n) is 6.24. The second-order valence-corrected chi connectivity index (χ2v) is 17.7. The quantitative estimate of drug-likeness (QED) is 0.00796. The first-order valence-corrected chi connectivity index (χ1v) is 27.4. The van der Waals surface area contributed by atoms with Gasteiger partial charge in [-0.05, 0) is 200 Å². The van der Waals surface area contributed by atoms with Crippen LogP contribution in [0.1, 0.15) is 146 Å². The molecule has 77 heavy (non-hydrogen) atoms. The van der Waals surface area contributed by atoms with E-state index in [1.807, 2.05) is 102 Å². The number of aryl methyl sites for hydroxylation is 2. The van der Waals surface area contributed by atoms with Gasteiger partial charge in [0.15, 0.2) is 0 Å². The SMILES string of the molecule is C=C/C=C(\C)OCCCCCCOC(C)=O.C=CC(=O)OCCCCCCOc1ccc(C=Nc2cc(C)c(SC(=O)c3ccc(OCCCCCCOC(C)=O)cc3)cc2C)cc1.C=CC(=O)OCCO/C=C/C.CC. The fraction of sp³-hybridized carbons (Fsp3) is 0.452. The van der Waals surface area contributed by atoms with Crippen molar-refractivity contribution in [2.24, 2.45) is 4.99 Å². The summed E-state index contributed by atoms with van der Waals surface area (Å²) in [5, 5.41) is -0.0260. The van der Waals surface area contributed by atoms with Crippen molar-refractivity contribution in [1.29, 1.82) is 0 Å². The molecule has 3 rings (SSSR count). The Labute approximate surface area is 464 Å². The third kappa shape index (κ3) is 39.2. The Balaban J connectivity index is 0.00000162. The summed E-state index contributed by atoms with van der Waals surface area (Å²) in [7, 11) is 0. The van der Waals surface area contributed by atoms with Crippen molar-refractivity contribution in [2.75, 3.05) is 52.9 Å². The van der Waals surface area contributed by atoms with Crippen LogP contribution in [-0.4, -0.2) is 88.1 Å². The Morgan fingerprint density at radius 1 is 0.545 bits per heavy atom. The number of ether oxygens (including phenoxy) is 8. The molecule has 0 bridgehead atoms. The van der Waals surface area contributed by atoms with E-state index < -0.39 is 5.97 Å². The van der Waals surface area contributed by atoms with Crippen molar-refractivity contribution in [1.82, 2.24) is 0 Å². The normalized spacial score (nSPS) is 10.5. The Morgan fingerprint density at radius 2 is 1.00 bits per heavy atom. The fourth-order valence-corrected chi connectivity index (χ4v) is 7.15. The summed E-state index contributed by atoms with van der Waals surface area (Å²) in [6.07, 6.45) is 22.6. The van der Waals surface area contributed by atoms with Crippen LogP contribution in [0.3, 0.4) is 0 Å². The van der Waals surface area contributed by atoms with Crippen LogP contribution >= 0.6 is 11.8 Å². The van der Waals surface area contributed by atoms with Gasteiger partial charge in [0.2, 0.25) is 5.12 Å². The van der Waals surface area contributed by atoms with Crippen molar-refractivity contribution >= 4 is 52.7 Å². The van der Waals surface area contributed by atoms with Gasteiger partial charge in [-0.15, -0.1) is 0 Å². The van der Waals surface area contributed by atoms with Crippen LogP contribution in [0.25, 0.3) is 0 Å². The van der Waals surface area contributed by atoms with E-state index in [2.05, 4.69) is 24.5 Å². The monoisotopic (exact) mass is 1090 g/mol. The summed E-state index contributed by atoms with van der Waals surface area (Å²) in [5.41, 5.74) is 4.41. The molecule has 15 heteroatoms. The summed E-state index contributed by atoms with van der Waals surface area (Å²) in [6.45, 7) is 28.9. The van der Waals surface area contributed by atoms with Crippen molar-refractivity contribution in [3.63, 3.8) is 0 Å². The predicted molar refractivity (Wildman–Crippen MR) is 310 cm³/mol. The summed E-state index contributed by atoms with van der Waals surface area (Å²) >= 11 is 1.22. The van der Waals surface area contributed by atoms with Crippen molar-refractivity contribution in [3.8, 4) is 11.5 Å². The number of thioether (sulfide) groups is 1. The highest BCUT2D eigenvalue weighted by Crippen LogP contribution is 2.32. The van der Waals surface area contributed by atoms with E-state index in [-0.39, 0.29) is 29.6 Å². The molecule has 0 atom stereocenters. The van der Waals surface area contributed by atoms with Crippen molar-refractivity contribution in [3.05, 3.63) is 145 Å². The molecule has 0 saturated heterocycles. The molecule has 0 aromatic heterocycles. The topological polar surface area (TPSA) is 172 Å². The highest BCUT2D eigenvalue weighted by atomic mass is 32.2. The molecule has 0 radical (unpaired) electrons. The van der Waals surface area contributed by atoms with Gasteiger partial charge >= 0.3 is 23.9 Å². The van der Waals surface area contributed by atoms with E-state index in [4.69, 9.17) is 38.2 Å². The first kappa shape index (κ1) is 70.1. The van der Waals surface area contributed by atoms with Crippen LogP contribution in [0.5, 0.6) is 11.5 Å². The van der Waals surface area contributed by atoms with Crippen molar-refractivity contribution in [2.45, 2.75) is 137 Å². The lowest BCUT2D eigenvalue weighted by Crippen LogP contribution is -2.06. The molecule has 0 fully saturated rings. The number of allylic oxidation sites excluding steroid dienone is 4. The molecule has 0 heterocycles. The summed E-state index contributed by atoms with van der Waals surface area (Å²) in [4.78, 5) is 61.4. The van der Waals surface area contributed by atoms with Gasteiger partial charge < -0.3 is 37.9 Å². The second-order valence-electron chi connectivity index (χ2n) is 16.7. The standard InChI is InChI=1S/C39H47NO7S.C13H22O3.C8H12O3.C2H6/c1-5-38(42)47-25-13-9-8-12-23-45-34-18-14-32(15-19-34)28-40-36-26-30(3)37(27-29(36)2)48-39(43)33-16-20-35(21-17-33)46-24-11-7-6-10-22-44-31(4)41;1-4-9-12(2)15-10-7-5-6-8-11-16-13(3)14;1-3-5-10-6-7-11-8(9)4-2;1-2/h5,14-21,26-28H,1,6-13,22-25H2,2-4H3;4,9H,1,5-8,10-11H2,2-3H3;3-5H,2,6-7H2,1H3;1-2H3/b;12-9+;5-3+;. The zero-order valence-electron chi connectivity index (χ0n) is 47.2. The average Bonchev–Trinajstić information content (AvgIpc) is 3.42. The van der Waals surface area contributed by atoms with Crippen LogP contribution in [0, 0.1) is 13.8 Å². The van der Waals surface area contributed by atoms with E-state index in [1.165, 1.54) is 31.7 Å². The third-order valence-electron chi connectivity index (χ3n) is 10.2. The smallest absolute Gasteiger partial charge is 0.330 e. The zero-order valence-corrected chi connectivity index (χ0v) is 48.1. The van der Waals surface area contributed by atoms with Gasteiger partial charge in [0.1, 0.15) is 24.7 Å². The van der Waals surface area contributed by atoms with Crippen LogP contribution in [0.4, 0.5) is 5.69 Å². The largest absolute Gasteiger partial charge is 0.498 e. The number of carbonyl (C=O) groups excluding carboxylic acids is 5. The van der Waals surface area contributed by atoms with Gasteiger partial charge in [-0.3, -0.25) is 19.4 Å². The highest BCUT2D eigenvalue weighted by molar-refractivity contribution is 8.14.